The summed E-state index contributed by atoms with van der Waals surface area (Å²) in [5, 5.41) is 0. The highest BCUT2D eigenvalue weighted by atomic mass is 16.5. The van der Waals surface area contributed by atoms with E-state index in [2.05, 4.69) is 27.7 Å². The van der Waals surface area contributed by atoms with Gasteiger partial charge < -0.3 is 19.4 Å². The van der Waals surface area contributed by atoms with E-state index in [0.29, 0.717) is 19.3 Å². The summed E-state index contributed by atoms with van der Waals surface area (Å²) in [6.07, 6.45) is 3.07. The minimum atomic E-state index is -0.161. The largest absolute Gasteiger partial charge is 0.378 e. The van der Waals surface area contributed by atoms with Gasteiger partial charge in [0.25, 0.3) is 0 Å². The van der Waals surface area contributed by atoms with E-state index in [1.165, 1.54) is 0 Å². The standard InChI is InChI=1S/C18H27N5O2/c1-3-14-11-16(20-18(19-14)21-7-9-25-10-8-21)23-12-15-5-4-6-22(15)17(24)13(23)2/h11,13,15H,3-10,12H2,1-2H3/t13-,15-/m1/s1. The van der Waals surface area contributed by atoms with Crippen molar-refractivity contribution in [2.75, 3.05) is 49.2 Å². The van der Waals surface area contributed by atoms with Crippen molar-refractivity contribution in [1.82, 2.24) is 14.9 Å². The summed E-state index contributed by atoms with van der Waals surface area (Å²) in [4.78, 5) is 28.7. The Balaban J connectivity index is 1.65. The average molecular weight is 345 g/mol. The van der Waals surface area contributed by atoms with E-state index in [-0.39, 0.29) is 11.9 Å². The number of carbonyl (C=O) groups excluding carboxylic acids is 1. The zero-order valence-electron chi connectivity index (χ0n) is 15.1. The third kappa shape index (κ3) is 3.05. The van der Waals surface area contributed by atoms with E-state index in [1.807, 2.05) is 6.92 Å². The van der Waals surface area contributed by atoms with Crippen molar-refractivity contribution in [3.05, 3.63) is 11.8 Å². The zero-order chi connectivity index (χ0) is 17.4. The van der Waals surface area contributed by atoms with Gasteiger partial charge in [-0.2, -0.15) is 4.98 Å². The van der Waals surface area contributed by atoms with Crippen LogP contribution in [0, 0.1) is 0 Å². The number of carbonyl (C=O) groups is 1. The number of hydrogen-bond donors (Lipinski definition) is 0. The van der Waals surface area contributed by atoms with Crippen LogP contribution in [-0.4, -0.2) is 72.3 Å². The summed E-state index contributed by atoms with van der Waals surface area (Å²) in [6, 6.07) is 2.22. The number of hydrogen-bond acceptors (Lipinski definition) is 6. The molecule has 2 atom stereocenters. The predicted octanol–water partition coefficient (Wildman–Crippen LogP) is 1.08. The van der Waals surface area contributed by atoms with Gasteiger partial charge in [0.2, 0.25) is 11.9 Å². The summed E-state index contributed by atoms with van der Waals surface area (Å²) in [7, 11) is 0. The van der Waals surface area contributed by atoms with Crippen LogP contribution in [0.1, 0.15) is 32.4 Å². The first-order valence-electron chi connectivity index (χ1n) is 9.45. The second-order valence-electron chi connectivity index (χ2n) is 7.13. The second kappa shape index (κ2) is 6.78. The molecule has 1 aromatic rings. The van der Waals surface area contributed by atoms with Crippen LogP contribution < -0.4 is 9.80 Å². The molecule has 3 saturated heterocycles. The molecule has 4 rings (SSSR count). The molecule has 1 aromatic heterocycles. The first-order valence-corrected chi connectivity index (χ1v) is 9.45. The molecule has 3 fully saturated rings. The molecule has 7 nitrogen and oxygen atoms in total. The number of rotatable bonds is 3. The lowest BCUT2D eigenvalue weighted by molar-refractivity contribution is -0.134. The van der Waals surface area contributed by atoms with Gasteiger partial charge in [-0.05, 0) is 26.2 Å². The zero-order valence-corrected chi connectivity index (χ0v) is 15.1. The molecule has 0 saturated carbocycles. The topological polar surface area (TPSA) is 61.8 Å². The molecule has 3 aliphatic heterocycles. The molecule has 0 radical (unpaired) electrons. The molecule has 0 aliphatic carbocycles. The number of nitrogens with zero attached hydrogens (tertiary/aromatic N) is 5. The number of piperazine rings is 1. The van der Waals surface area contributed by atoms with Gasteiger partial charge in [-0.3, -0.25) is 4.79 Å². The molecule has 0 bridgehead atoms. The van der Waals surface area contributed by atoms with Crippen LogP contribution in [0.4, 0.5) is 11.8 Å². The van der Waals surface area contributed by atoms with E-state index in [1.54, 1.807) is 0 Å². The summed E-state index contributed by atoms with van der Waals surface area (Å²) in [5.74, 6) is 1.89. The van der Waals surface area contributed by atoms with Crippen molar-refractivity contribution >= 4 is 17.7 Å². The van der Waals surface area contributed by atoms with Crippen molar-refractivity contribution < 1.29 is 9.53 Å². The highest BCUT2D eigenvalue weighted by Crippen LogP contribution is 2.30. The van der Waals surface area contributed by atoms with Crippen LogP contribution in [0.3, 0.4) is 0 Å². The number of aromatic nitrogens is 2. The molecule has 0 N–H and O–H groups in total. The number of ether oxygens (including phenoxy) is 1. The fourth-order valence-corrected chi connectivity index (χ4v) is 4.07. The van der Waals surface area contributed by atoms with Crippen LogP contribution in [-0.2, 0) is 16.0 Å². The highest BCUT2D eigenvalue weighted by molar-refractivity contribution is 5.86. The number of amides is 1. The van der Waals surface area contributed by atoms with Crippen molar-refractivity contribution in [2.45, 2.75) is 45.2 Å². The minimum Gasteiger partial charge on any atom is -0.378 e. The fraction of sp³-hybridized carbons (Fsp3) is 0.722. The molecular formula is C18H27N5O2. The maximum Gasteiger partial charge on any atom is 0.245 e. The van der Waals surface area contributed by atoms with Gasteiger partial charge in [-0.25, -0.2) is 4.98 Å². The van der Waals surface area contributed by atoms with Gasteiger partial charge >= 0.3 is 0 Å². The molecule has 7 heteroatoms. The maximum atomic E-state index is 12.7. The van der Waals surface area contributed by atoms with Crippen molar-refractivity contribution in [3.8, 4) is 0 Å². The van der Waals surface area contributed by atoms with Gasteiger partial charge in [-0.15, -0.1) is 0 Å². The molecule has 0 aromatic carbocycles. The average Bonchev–Trinajstić information content (AvgIpc) is 3.13. The molecule has 4 heterocycles. The van der Waals surface area contributed by atoms with Crippen molar-refractivity contribution in [1.29, 1.82) is 0 Å². The number of anilines is 2. The van der Waals surface area contributed by atoms with Crippen molar-refractivity contribution in [3.63, 3.8) is 0 Å². The summed E-state index contributed by atoms with van der Waals surface area (Å²) < 4.78 is 5.44. The first-order chi connectivity index (χ1) is 12.2. The van der Waals surface area contributed by atoms with Gasteiger partial charge in [0.05, 0.1) is 13.2 Å². The fourth-order valence-electron chi connectivity index (χ4n) is 4.07. The van der Waals surface area contributed by atoms with Gasteiger partial charge in [0.15, 0.2) is 0 Å². The lowest BCUT2D eigenvalue weighted by Crippen LogP contribution is -2.59. The molecule has 136 valence electrons. The lowest BCUT2D eigenvalue weighted by Gasteiger charge is -2.42. The number of fused-ring (bicyclic) bond motifs is 1. The van der Waals surface area contributed by atoms with Crippen molar-refractivity contribution in [2.24, 2.45) is 0 Å². The Hall–Kier alpha value is -1.89. The van der Waals surface area contributed by atoms with Crippen LogP contribution in [0.25, 0.3) is 0 Å². The Morgan fingerprint density at radius 3 is 2.76 bits per heavy atom. The van der Waals surface area contributed by atoms with E-state index < -0.39 is 0 Å². The SMILES string of the molecule is CCc1cc(N2C[C@H]3CCCN3C(=O)[C@H]2C)nc(N2CCOCC2)n1. The Bertz CT molecular complexity index is 646. The molecule has 0 spiro atoms. The van der Waals surface area contributed by atoms with Gasteiger partial charge in [-0.1, -0.05) is 6.92 Å². The molecular weight excluding hydrogens is 318 g/mol. The number of morpholine rings is 1. The molecule has 3 aliphatic rings. The summed E-state index contributed by atoms with van der Waals surface area (Å²) >= 11 is 0. The first kappa shape index (κ1) is 16.6. The van der Waals surface area contributed by atoms with E-state index in [9.17, 15) is 4.79 Å². The van der Waals surface area contributed by atoms with E-state index in [4.69, 9.17) is 14.7 Å². The maximum absolute atomic E-state index is 12.7. The van der Waals surface area contributed by atoms with Crippen LogP contribution in [0.2, 0.25) is 0 Å². The second-order valence-corrected chi connectivity index (χ2v) is 7.13. The minimum absolute atomic E-state index is 0.161. The highest BCUT2D eigenvalue weighted by Gasteiger charge is 2.41. The summed E-state index contributed by atoms with van der Waals surface area (Å²) in [6.45, 7) is 8.95. The monoisotopic (exact) mass is 345 g/mol. The van der Waals surface area contributed by atoms with Gasteiger partial charge in [0.1, 0.15) is 11.9 Å². The van der Waals surface area contributed by atoms with Crippen LogP contribution >= 0.6 is 0 Å². The third-order valence-electron chi connectivity index (χ3n) is 5.60. The van der Waals surface area contributed by atoms with Crippen LogP contribution in [0.15, 0.2) is 6.07 Å². The molecule has 25 heavy (non-hydrogen) atoms. The van der Waals surface area contributed by atoms with Crippen LogP contribution in [0.5, 0.6) is 0 Å². The van der Waals surface area contributed by atoms with E-state index in [0.717, 1.165) is 62.9 Å². The Morgan fingerprint density at radius 1 is 1.20 bits per heavy atom. The Kier molecular flexibility index (Phi) is 4.50. The summed E-state index contributed by atoms with van der Waals surface area (Å²) in [5.41, 5.74) is 1.03. The normalized spacial score (nSPS) is 27.0. The number of aryl methyl sites for hydroxylation is 1. The predicted molar refractivity (Wildman–Crippen MR) is 96.0 cm³/mol. The smallest absolute Gasteiger partial charge is 0.245 e. The quantitative estimate of drug-likeness (QED) is 0.817. The molecule has 1 amide bonds. The lowest BCUT2D eigenvalue weighted by atomic mass is 10.1. The molecule has 0 unspecified atom stereocenters. The Morgan fingerprint density at radius 2 is 2.00 bits per heavy atom. The van der Waals surface area contributed by atoms with E-state index >= 15 is 0 Å². The Labute approximate surface area is 149 Å². The van der Waals surface area contributed by atoms with Gasteiger partial charge in [0, 0.05) is 44.0 Å². The third-order valence-corrected chi connectivity index (χ3v) is 5.60.